The summed E-state index contributed by atoms with van der Waals surface area (Å²) in [6.45, 7) is 1.96. The molecule has 1 N–H and O–H groups in total. The average Bonchev–Trinajstić information content (AvgIpc) is 2.85. The fourth-order valence-electron chi connectivity index (χ4n) is 1.59. The number of halogens is 3. The molecule has 0 saturated heterocycles. The molecule has 0 saturated carbocycles. The summed E-state index contributed by atoms with van der Waals surface area (Å²) in [6, 6.07) is 5.91. The van der Waals surface area contributed by atoms with Crippen molar-refractivity contribution in [2.75, 3.05) is 7.05 Å². The van der Waals surface area contributed by atoms with Crippen LogP contribution in [-0.4, -0.2) is 18.4 Å². The zero-order chi connectivity index (χ0) is 14.8. The predicted octanol–water partition coefficient (Wildman–Crippen LogP) is 3.99. The van der Waals surface area contributed by atoms with Gasteiger partial charge in [-0.1, -0.05) is 12.1 Å². The van der Waals surface area contributed by atoms with Crippen molar-refractivity contribution in [2.24, 2.45) is 0 Å². The van der Waals surface area contributed by atoms with Gasteiger partial charge in [-0.25, -0.2) is 4.98 Å². The minimum Gasteiger partial charge on any atom is -0.406 e. The standard InChI is InChI=1S/C13H13F3N2OS/c1-8(17-2)11-7-20-12(18-11)9-4-3-5-10(6-9)19-13(14,15)16/h3-8,17H,1-2H3. The molecule has 1 atom stereocenters. The first-order valence-corrected chi connectivity index (χ1v) is 6.76. The predicted molar refractivity (Wildman–Crippen MR) is 71.7 cm³/mol. The van der Waals surface area contributed by atoms with Gasteiger partial charge in [-0.3, -0.25) is 0 Å². The highest BCUT2D eigenvalue weighted by molar-refractivity contribution is 7.13. The lowest BCUT2D eigenvalue weighted by atomic mass is 10.2. The van der Waals surface area contributed by atoms with Crippen molar-refractivity contribution in [1.82, 2.24) is 10.3 Å². The molecule has 0 aliphatic carbocycles. The van der Waals surface area contributed by atoms with E-state index in [-0.39, 0.29) is 11.8 Å². The number of rotatable bonds is 4. The molecule has 3 nitrogen and oxygen atoms in total. The van der Waals surface area contributed by atoms with Crippen LogP contribution in [0.5, 0.6) is 5.75 Å². The molecule has 0 aliphatic rings. The van der Waals surface area contributed by atoms with E-state index >= 15 is 0 Å². The smallest absolute Gasteiger partial charge is 0.406 e. The molecule has 1 aromatic heterocycles. The Kier molecular flexibility index (Phi) is 4.29. The third-order valence-corrected chi connectivity index (χ3v) is 3.62. The Morgan fingerprint density at radius 2 is 2.10 bits per heavy atom. The lowest BCUT2D eigenvalue weighted by molar-refractivity contribution is -0.274. The summed E-state index contributed by atoms with van der Waals surface area (Å²) in [5.41, 5.74) is 1.46. The Balaban J connectivity index is 2.25. The summed E-state index contributed by atoms with van der Waals surface area (Å²) < 4.78 is 40.5. The second-order valence-corrected chi connectivity index (χ2v) is 5.02. The van der Waals surface area contributed by atoms with Crippen molar-refractivity contribution in [3.05, 3.63) is 35.3 Å². The van der Waals surface area contributed by atoms with Gasteiger partial charge in [0.2, 0.25) is 0 Å². The number of benzene rings is 1. The van der Waals surface area contributed by atoms with Gasteiger partial charge in [-0.05, 0) is 26.1 Å². The van der Waals surface area contributed by atoms with Crippen molar-refractivity contribution in [1.29, 1.82) is 0 Å². The zero-order valence-corrected chi connectivity index (χ0v) is 11.7. The molecule has 1 unspecified atom stereocenters. The molecule has 0 amide bonds. The lowest BCUT2D eigenvalue weighted by Gasteiger charge is -2.09. The zero-order valence-electron chi connectivity index (χ0n) is 10.9. The largest absolute Gasteiger partial charge is 0.573 e. The first-order chi connectivity index (χ1) is 9.39. The highest BCUT2D eigenvalue weighted by Gasteiger charge is 2.31. The van der Waals surface area contributed by atoms with Crippen LogP contribution >= 0.6 is 11.3 Å². The van der Waals surface area contributed by atoms with Crippen LogP contribution in [0.4, 0.5) is 13.2 Å². The second-order valence-electron chi connectivity index (χ2n) is 4.16. The van der Waals surface area contributed by atoms with E-state index in [1.165, 1.54) is 29.5 Å². The first-order valence-electron chi connectivity index (χ1n) is 5.88. The van der Waals surface area contributed by atoms with Crippen LogP contribution in [0.2, 0.25) is 0 Å². The molecule has 0 radical (unpaired) electrons. The Labute approximate surface area is 118 Å². The van der Waals surface area contributed by atoms with Crippen molar-refractivity contribution in [3.63, 3.8) is 0 Å². The van der Waals surface area contributed by atoms with E-state index in [1.54, 1.807) is 6.07 Å². The Hall–Kier alpha value is -1.60. The van der Waals surface area contributed by atoms with Gasteiger partial charge in [0.25, 0.3) is 0 Å². The van der Waals surface area contributed by atoms with Gasteiger partial charge in [0, 0.05) is 17.0 Å². The molecule has 0 spiro atoms. The first kappa shape index (κ1) is 14.8. The summed E-state index contributed by atoms with van der Waals surface area (Å²) in [5.74, 6) is -0.242. The van der Waals surface area contributed by atoms with Crippen LogP contribution in [0.1, 0.15) is 18.7 Å². The van der Waals surface area contributed by atoms with Gasteiger partial charge < -0.3 is 10.1 Å². The maximum absolute atomic E-state index is 12.2. The summed E-state index contributed by atoms with van der Waals surface area (Å²) in [5, 5.41) is 5.60. The summed E-state index contributed by atoms with van der Waals surface area (Å²) in [4.78, 5) is 4.41. The number of nitrogens with zero attached hydrogens (tertiary/aromatic N) is 1. The number of hydrogen-bond donors (Lipinski definition) is 1. The topological polar surface area (TPSA) is 34.1 Å². The van der Waals surface area contributed by atoms with Crippen LogP contribution in [-0.2, 0) is 0 Å². The molecular weight excluding hydrogens is 289 g/mol. The summed E-state index contributed by atoms with van der Waals surface area (Å²) in [7, 11) is 1.82. The Morgan fingerprint density at radius 1 is 1.35 bits per heavy atom. The van der Waals surface area contributed by atoms with E-state index in [9.17, 15) is 13.2 Å². The number of ether oxygens (including phenoxy) is 1. The Bertz CT molecular complexity index is 583. The van der Waals surface area contributed by atoms with E-state index in [4.69, 9.17) is 0 Å². The molecule has 0 aliphatic heterocycles. The molecule has 7 heteroatoms. The molecule has 2 rings (SSSR count). The van der Waals surface area contributed by atoms with Gasteiger partial charge >= 0.3 is 6.36 Å². The van der Waals surface area contributed by atoms with Crippen LogP contribution in [0.3, 0.4) is 0 Å². The van der Waals surface area contributed by atoms with E-state index < -0.39 is 6.36 Å². The van der Waals surface area contributed by atoms with Gasteiger partial charge in [-0.2, -0.15) is 0 Å². The molecule has 0 fully saturated rings. The SMILES string of the molecule is CNC(C)c1csc(-c2cccc(OC(F)(F)F)c2)n1. The molecular formula is C13H13F3N2OS. The normalized spacial score (nSPS) is 13.2. The fraction of sp³-hybridized carbons (Fsp3) is 0.308. The number of nitrogens with one attached hydrogen (secondary N) is 1. The summed E-state index contributed by atoms with van der Waals surface area (Å²) in [6.07, 6.45) is -4.69. The number of aromatic nitrogens is 1. The van der Waals surface area contributed by atoms with Crippen molar-refractivity contribution in [3.8, 4) is 16.3 Å². The van der Waals surface area contributed by atoms with Crippen molar-refractivity contribution in [2.45, 2.75) is 19.3 Å². The van der Waals surface area contributed by atoms with Gasteiger partial charge in [-0.15, -0.1) is 24.5 Å². The van der Waals surface area contributed by atoms with Crippen LogP contribution in [0.25, 0.3) is 10.6 Å². The highest BCUT2D eigenvalue weighted by atomic mass is 32.1. The minimum absolute atomic E-state index is 0.0922. The van der Waals surface area contributed by atoms with Gasteiger partial charge in [0.1, 0.15) is 10.8 Å². The molecule has 1 heterocycles. The van der Waals surface area contributed by atoms with Crippen molar-refractivity contribution < 1.29 is 17.9 Å². The summed E-state index contributed by atoms with van der Waals surface area (Å²) >= 11 is 1.39. The fourth-order valence-corrected chi connectivity index (χ4v) is 2.50. The van der Waals surface area contributed by atoms with Gasteiger partial charge in [0.05, 0.1) is 5.69 Å². The van der Waals surface area contributed by atoms with Crippen LogP contribution < -0.4 is 10.1 Å². The molecule has 108 valence electrons. The quantitative estimate of drug-likeness (QED) is 0.927. The third kappa shape index (κ3) is 3.71. The van der Waals surface area contributed by atoms with Crippen molar-refractivity contribution >= 4 is 11.3 Å². The Morgan fingerprint density at radius 3 is 2.75 bits per heavy atom. The minimum atomic E-state index is -4.69. The highest BCUT2D eigenvalue weighted by Crippen LogP contribution is 2.30. The number of thiazole rings is 1. The monoisotopic (exact) mass is 302 g/mol. The maximum atomic E-state index is 12.2. The second kappa shape index (κ2) is 5.80. The average molecular weight is 302 g/mol. The molecule has 2 aromatic rings. The third-order valence-electron chi connectivity index (χ3n) is 2.71. The van der Waals surface area contributed by atoms with E-state index in [0.717, 1.165) is 5.69 Å². The van der Waals surface area contributed by atoms with Crippen LogP contribution in [0, 0.1) is 0 Å². The molecule has 0 bridgehead atoms. The number of hydrogen-bond acceptors (Lipinski definition) is 4. The van der Waals surface area contributed by atoms with Crippen LogP contribution in [0.15, 0.2) is 29.6 Å². The number of alkyl halides is 3. The maximum Gasteiger partial charge on any atom is 0.573 e. The lowest BCUT2D eigenvalue weighted by Crippen LogP contribution is -2.17. The van der Waals surface area contributed by atoms with E-state index in [1.807, 2.05) is 19.4 Å². The van der Waals surface area contributed by atoms with E-state index in [0.29, 0.717) is 10.6 Å². The van der Waals surface area contributed by atoms with E-state index in [2.05, 4.69) is 15.0 Å². The molecule has 20 heavy (non-hydrogen) atoms. The molecule has 1 aromatic carbocycles. The van der Waals surface area contributed by atoms with Gasteiger partial charge in [0.15, 0.2) is 0 Å².